The van der Waals surface area contributed by atoms with Gasteiger partial charge in [-0.1, -0.05) is 0 Å². The summed E-state index contributed by atoms with van der Waals surface area (Å²) in [6, 6.07) is 0. The molecule has 0 aliphatic rings. The van der Waals surface area contributed by atoms with E-state index in [1.807, 2.05) is 19.0 Å². The number of hydrogen-bond acceptors (Lipinski definition) is 6. The summed E-state index contributed by atoms with van der Waals surface area (Å²) >= 11 is 0. The Hall–Kier alpha value is -1.45. The van der Waals surface area contributed by atoms with Crippen molar-refractivity contribution in [3.63, 3.8) is 0 Å². The van der Waals surface area contributed by atoms with Crippen molar-refractivity contribution in [3.8, 4) is 0 Å². The fourth-order valence-electron chi connectivity index (χ4n) is 1.31. The highest BCUT2D eigenvalue weighted by molar-refractivity contribution is 7.89. The molecule has 0 amide bonds. The fraction of sp³-hybridized carbons (Fsp3) is 0.600. The summed E-state index contributed by atoms with van der Waals surface area (Å²) < 4.78 is 31.1. The molecule has 0 saturated heterocycles. The smallest absolute Gasteiger partial charge is 0.342 e. The second-order valence-electron chi connectivity index (χ2n) is 4.03. The molecular weight excluding hydrogens is 272 g/mol. The normalized spacial score (nSPS) is 11.8. The van der Waals surface area contributed by atoms with Gasteiger partial charge in [0.1, 0.15) is 5.56 Å². The van der Waals surface area contributed by atoms with E-state index in [0.717, 1.165) is 6.20 Å². The maximum atomic E-state index is 12.0. The second-order valence-corrected chi connectivity index (χ2v) is 5.74. The van der Waals surface area contributed by atoms with Gasteiger partial charge >= 0.3 is 5.97 Å². The van der Waals surface area contributed by atoms with Crippen LogP contribution in [0, 0.1) is 0 Å². The highest BCUT2D eigenvalue weighted by Gasteiger charge is 2.25. The molecule has 0 aliphatic carbocycles. The van der Waals surface area contributed by atoms with Crippen LogP contribution in [0.15, 0.2) is 11.2 Å². The largest absolute Gasteiger partial charge is 0.462 e. The maximum absolute atomic E-state index is 12.0. The first-order chi connectivity index (χ1) is 8.88. The number of rotatable bonds is 7. The van der Waals surface area contributed by atoms with Crippen molar-refractivity contribution >= 4 is 16.0 Å². The molecule has 0 aliphatic heterocycles. The van der Waals surface area contributed by atoms with Gasteiger partial charge in [-0.15, -0.1) is 0 Å². The molecule has 2 N–H and O–H groups in total. The first-order valence-corrected chi connectivity index (χ1v) is 7.21. The van der Waals surface area contributed by atoms with Gasteiger partial charge in [0.25, 0.3) is 10.0 Å². The lowest BCUT2D eigenvalue weighted by Gasteiger charge is -2.10. The molecule has 0 fully saturated rings. The molecule has 9 heteroatoms. The average Bonchev–Trinajstić information content (AvgIpc) is 2.78. The third-order valence-electron chi connectivity index (χ3n) is 2.22. The van der Waals surface area contributed by atoms with Gasteiger partial charge in [-0.2, -0.15) is 5.10 Å². The molecule has 1 rings (SSSR count). The molecule has 1 aromatic heterocycles. The van der Waals surface area contributed by atoms with E-state index in [0.29, 0.717) is 6.54 Å². The van der Waals surface area contributed by atoms with E-state index < -0.39 is 16.0 Å². The van der Waals surface area contributed by atoms with Gasteiger partial charge in [0.05, 0.1) is 12.8 Å². The minimum Gasteiger partial charge on any atom is -0.462 e. The number of H-pyrrole nitrogens is 1. The van der Waals surface area contributed by atoms with Crippen molar-refractivity contribution in [3.05, 3.63) is 11.8 Å². The average molecular weight is 290 g/mol. The lowest BCUT2D eigenvalue weighted by atomic mass is 10.4. The van der Waals surface area contributed by atoms with Crippen molar-refractivity contribution in [1.82, 2.24) is 19.8 Å². The Morgan fingerprint density at radius 1 is 1.53 bits per heavy atom. The Labute approximate surface area is 112 Å². The lowest BCUT2D eigenvalue weighted by molar-refractivity contribution is 0.0522. The Bertz CT molecular complexity index is 523. The van der Waals surface area contributed by atoms with Crippen LogP contribution in [0.25, 0.3) is 0 Å². The lowest BCUT2D eigenvalue weighted by Crippen LogP contribution is -2.32. The first-order valence-electron chi connectivity index (χ1n) is 5.73. The van der Waals surface area contributed by atoms with Crippen molar-refractivity contribution in [2.75, 3.05) is 33.8 Å². The summed E-state index contributed by atoms with van der Waals surface area (Å²) in [6.07, 6.45) is 1.14. The fourth-order valence-corrected chi connectivity index (χ4v) is 2.41. The standard InChI is InChI=1S/C10H18N4O4S/c1-4-18-10(15)8-7-11-13-9(8)19(16,17)12-5-6-14(2)3/h7,12H,4-6H2,1-3H3,(H,11,13). The molecule has 1 heterocycles. The predicted octanol–water partition coefficient (Wildman–Crippen LogP) is -0.574. The summed E-state index contributed by atoms with van der Waals surface area (Å²) in [5, 5.41) is 5.61. The van der Waals surface area contributed by atoms with E-state index in [2.05, 4.69) is 14.9 Å². The maximum Gasteiger partial charge on any atom is 0.342 e. The highest BCUT2D eigenvalue weighted by Crippen LogP contribution is 2.12. The van der Waals surface area contributed by atoms with Gasteiger partial charge in [0, 0.05) is 13.1 Å². The SMILES string of the molecule is CCOC(=O)c1cn[nH]c1S(=O)(=O)NCCN(C)C. The minimum atomic E-state index is -3.80. The van der Waals surface area contributed by atoms with Gasteiger partial charge < -0.3 is 9.64 Å². The molecule has 0 bridgehead atoms. The molecule has 0 aromatic carbocycles. The predicted molar refractivity (Wildman–Crippen MR) is 68.3 cm³/mol. The van der Waals surface area contributed by atoms with E-state index >= 15 is 0 Å². The van der Waals surface area contributed by atoms with Crippen molar-refractivity contribution in [1.29, 1.82) is 0 Å². The topological polar surface area (TPSA) is 104 Å². The first kappa shape index (κ1) is 15.6. The minimum absolute atomic E-state index is 0.0980. The van der Waals surface area contributed by atoms with Crippen LogP contribution in [0.1, 0.15) is 17.3 Å². The number of hydrogen-bond donors (Lipinski definition) is 2. The van der Waals surface area contributed by atoms with Crippen LogP contribution in [0.5, 0.6) is 0 Å². The summed E-state index contributed by atoms with van der Waals surface area (Å²) in [5.74, 6) is -0.718. The van der Waals surface area contributed by atoms with Crippen LogP contribution in [0.4, 0.5) is 0 Å². The molecule has 0 unspecified atom stereocenters. The van der Waals surface area contributed by atoms with Gasteiger partial charge in [-0.05, 0) is 21.0 Å². The number of aromatic amines is 1. The summed E-state index contributed by atoms with van der Waals surface area (Å²) in [4.78, 5) is 13.4. The monoisotopic (exact) mass is 290 g/mol. The molecule has 19 heavy (non-hydrogen) atoms. The Morgan fingerprint density at radius 3 is 2.79 bits per heavy atom. The second kappa shape index (κ2) is 6.64. The molecule has 0 atom stereocenters. The van der Waals surface area contributed by atoms with Gasteiger partial charge in [-0.25, -0.2) is 17.9 Å². The van der Waals surface area contributed by atoms with E-state index in [9.17, 15) is 13.2 Å². The third-order valence-corrected chi connectivity index (χ3v) is 3.65. The number of sulfonamides is 1. The number of likely N-dealkylation sites (N-methyl/N-ethyl adjacent to an activating group) is 1. The van der Waals surface area contributed by atoms with Crippen LogP contribution >= 0.6 is 0 Å². The van der Waals surface area contributed by atoms with Crippen LogP contribution in [-0.2, 0) is 14.8 Å². The molecule has 108 valence electrons. The number of aromatic nitrogens is 2. The van der Waals surface area contributed by atoms with Crippen molar-refractivity contribution < 1.29 is 17.9 Å². The number of carbonyl (C=O) groups is 1. The van der Waals surface area contributed by atoms with E-state index in [-0.39, 0.29) is 23.7 Å². The van der Waals surface area contributed by atoms with Crippen LogP contribution in [0.3, 0.4) is 0 Å². The van der Waals surface area contributed by atoms with E-state index in [4.69, 9.17) is 4.74 Å². The van der Waals surface area contributed by atoms with Gasteiger partial charge in [-0.3, -0.25) is 5.10 Å². The van der Waals surface area contributed by atoms with Crippen LogP contribution in [0.2, 0.25) is 0 Å². The Kier molecular flexibility index (Phi) is 5.45. The van der Waals surface area contributed by atoms with E-state index in [1.54, 1.807) is 6.92 Å². The van der Waals surface area contributed by atoms with Crippen LogP contribution in [-0.4, -0.2) is 63.3 Å². The molecule has 0 radical (unpaired) electrons. The zero-order valence-corrected chi connectivity index (χ0v) is 12.0. The zero-order valence-electron chi connectivity index (χ0n) is 11.1. The number of carbonyl (C=O) groups excluding carboxylic acids is 1. The number of ether oxygens (including phenoxy) is 1. The van der Waals surface area contributed by atoms with Crippen molar-refractivity contribution in [2.24, 2.45) is 0 Å². The molecule has 0 spiro atoms. The number of nitrogens with one attached hydrogen (secondary N) is 2. The van der Waals surface area contributed by atoms with Gasteiger partial charge in [0.15, 0.2) is 5.03 Å². The molecular formula is C10H18N4O4S. The quantitative estimate of drug-likeness (QED) is 0.651. The van der Waals surface area contributed by atoms with Gasteiger partial charge in [0.2, 0.25) is 0 Å². The van der Waals surface area contributed by atoms with Crippen LogP contribution < -0.4 is 4.72 Å². The number of nitrogens with zero attached hydrogens (tertiary/aromatic N) is 2. The summed E-state index contributed by atoms with van der Waals surface area (Å²) in [5.41, 5.74) is -0.0980. The Morgan fingerprint density at radius 2 is 2.21 bits per heavy atom. The number of esters is 1. The third kappa shape index (κ3) is 4.30. The van der Waals surface area contributed by atoms with E-state index in [1.165, 1.54) is 0 Å². The van der Waals surface area contributed by atoms with Crippen molar-refractivity contribution in [2.45, 2.75) is 11.9 Å². The molecule has 0 saturated carbocycles. The molecule has 8 nitrogen and oxygen atoms in total. The summed E-state index contributed by atoms with van der Waals surface area (Å²) in [7, 11) is -0.146. The Balaban J connectivity index is 2.84. The molecule has 1 aromatic rings. The zero-order chi connectivity index (χ0) is 14.5. The highest BCUT2D eigenvalue weighted by atomic mass is 32.2. The summed E-state index contributed by atoms with van der Waals surface area (Å²) in [6.45, 7) is 2.58.